The van der Waals surface area contributed by atoms with Crippen molar-refractivity contribution in [3.63, 3.8) is 0 Å². The average Bonchev–Trinajstić information content (AvgIpc) is 3.11. The number of nitrogens with one attached hydrogen (secondary N) is 1. The van der Waals surface area contributed by atoms with Crippen LogP contribution in [-0.2, 0) is 13.0 Å². The summed E-state index contributed by atoms with van der Waals surface area (Å²) in [5.41, 5.74) is 3.56. The third kappa shape index (κ3) is 3.19. The summed E-state index contributed by atoms with van der Waals surface area (Å²) in [7, 11) is 0. The number of benzene rings is 1. The number of rotatable bonds is 4. The summed E-state index contributed by atoms with van der Waals surface area (Å²) in [6.07, 6.45) is 5.86. The zero-order valence-corrected chi connectivity index (χ0v) is 13.6. The summed E-state index contributed by atoms with van der Waals surface area (Å²) in [6.45, 7) is 1.24. The van der Waals surface area contributed by atoms with E-state index in [1.54, 1.807) is 12.4 Å². The van der Waals surface area contributed by atoms with Crippen molar-refractivity contribution in [2.75, 3.05) is 11.4 Å². The number of aromatic nitrogens is 3. The quantitative estimate of drug-likeness (QED) is 0.795. The second kappa shape index (κ2) is 6.68. The molecule has 25 heavy (non-hydrogen) atoms. The Morgan fingerprint density at radius 2 is 1.92 bits per heavy atom. The first-order valence-corrected chi connectivity index (χ1v) is 8.17. The first-order valence-electron chi connectivity index (χ1n) is 8.17. The van der Waals surface area contributed by atoms with Crippen molar-refractivity contribution in [1.82, 2.24) is 20.3 Å². The van der Waals surface area contributed by atoms with Crippen LogP contribution in [0.5, 0.6) is 0 Å². The molecule has 3 heterocycles. The summed E-state index contributed by atoms with van der Waals surface area (Å²) < 4.78 is 0. The number of hydrogen-bond donors (Lipinski definition) is 1. The standard InChI is InChI=1S/C19H17N5O/c25-19(23-11-15-6-3-4-9-20-15)16-12-22-18(13-21-16)24-10-8-14-5-1-2-7-17(14)24/h1-7,9,12-13H,8,10-11H2,(H,23,25). The largest absolute Gasteiger partial charge is 0.345 e. The van der Waals surface area contributed by atoms with Gasteiger partial charge in [-0.05, 0) is 30.2 Å². The van der Waals surface area contributed by atoms with E-state index in [-0.39, 0.29) is 5.91 Å². The minimum absolute atomic E-state index is 0.258. The number of para-hydroxylation sites is 1. The van der Waals surface area contributed by atoms with E-state index in [1.807, 2.05) is 30.3 Å². The number of carbonyl (C=O) groups is 1. The van der Waals surface area contributed by atoms with Crippen LogP contribution in [0.2, 0.25) is 0 Å². The molecule has 6 nitrogen and oxygen atoms in total. The highest BCUT2D eigenvalue weighted by atomic mass is 16.1. The van der Waals surface area contributed by atoms with Crippen molar-refractivity contribution in [2.45, 2.75) is 13.0 Å². The number of pyridine rings is 1. The van der Waals surface area contributed by atoms with Crippen molar-refractivity contribution < 1.29 is 4.79 Å². The Morgan fingerprint density at radius 3 is 2.72 bits per heavy atom. The topological polar surface area (TPSA) is 71.0 Å². The van der Waals surface area contributed by atoms with Gasteiger partial charge in [-0.15, -0.1) is 0 Å². The molecule has 1 N–H and O–H groups in total. The molecule has 4 rings (SSSR count). The van der Waals surface area contributed by atoms with Gasteiger partial charge < -0.3 is 10.2 Å². The van der Waals surface area contributed by atoms with Crippen molar-refractivity contribution >= 4 is 17.4 Å². The van der Waals surface area contributed by atoms with Gasteiger partial charge in [-0.25, -0.2) is 9.97 Å². The molecule has 124 valence electrons. The molecule has 3 aromatic rings. The molecule has 1 aliphatic heterocycles. The van der Waals surface area contributed by atoms with E-state index in [1.165, 1.54) is 11.8 Å². The fourth-order valence-corrected chi connectivity index (χ4v) is 2.92. The Hall–Kier alpha value is -3.28. The third-order valence-corrected chi connectivity index (χ3v) is 4.19. The Kier molecular flexibility index (Phi) is 4.08. The maximum absolute atomic E-state index is 12.2. The van der Waals surface area contributed by atoms with Gasteiger partial charge >= 0.3 is 0 Å². The van der Waals surface area contributed by atoms with Gasteiger partial charge in [0.2, 0.25) is 0 Å². The third-order valence-electron chi connectivity index (χ3n) is 4.19. The van der Waals surface area contributed by atoms with Crippen molar-refractivity contribution in [3.05, 3.63) is 78.0 Å². The zero-order chi connectivity index (χ0) is 17.1. The second-order valence-corrected chi connectivity index (χ2v) is 5.79. The lowest BCUT2D eigenvalue weighted by Gasteiger charge is -2.17. The summed E-state index contributed by atoms with van der Waals surface area (Å²) in [5, 5.41) is 2.80. The number of anilines is 2. The molecule has 0 aliphatic carbocycles. The molecule has 0 atom stereocenters. The van der Waals surface area contributed by atoms with Gasteiger partial charge in [-0.2, -0.15) is 0 Å². The Bertz CT molecular complexity index is 880. The van der Waals surface area contributed by atoms with Crippen LogP contribution in [0.1, 0.15) is 21.7 Å². The van der Waals surface area contributed by atoms with Gasteiger partial charge in [0, 0.05) is 18.4 Å². The number of carbonyl (C=O) groups excluding carboxylic acids is 1. The van der Waals surface area contributed by atoms with Gasteiger partial charge in [0.1, 0.15) is 5.69 Å². The van der Waals surface area contributed by atoms with Crippen molar-refractivity contribution in [2.24, 2.45) is 0 Å². The van der Waals surface area contributed by atoms with Crippen LogP contribution in [0, 0.1) is 0 Å². The molecule has 1 amide bonds. The monoisotopic (exact) mass is 331 g/mol. The normalized spacial score (nSPS) is 12.7. The van der Waals surface area contributed by atoms with Crippen LogP contribution >= 0.6 is 0 Å². The molecule has 1 aliphatic rings. The zero-order valence-electron chi connectivity index (χ0n) is 13.6. The van der Waals surface area contributed by atoms with Gasteiger partial charge in [0.05, 0.1) is 24.6 Å². The van der Waals surface area contributed by atoms with Crippen LogP contribution in [0.25, 0.3) is 0 Å². The van der Waals surface area contributed by atoms with E-state index in [2.05, 4.69) is 37.3 Å². The Morgan fingerprint density at radius 1 is 1.04 bits per heavy atom. The molecule has 0 saturated heterocycles. The predicted molar refractivity (Wildman–Crippen MR) is 94.6 cm³/mol. The highest BCUT2D eigenvalue weighted by molar-refractivity contribution is 5.92. The van der Waals surface area contributed by atoms with E-state index in [9.17, 15) is 4.79 Å². The van der Waals surface area contributed by atoms with Crippen LogP contribution in [0.15, 0.2) is 61.1 Å². The number of hydrogen-bond acceptors (Lipinski definition) is 5. The van der Waals surface area contributed by atoms with Gasteiger partial charge in [0.15, 0.2) is 5.82 Å². The molecule has 2 aromatic heterocycles. The number of fused-ring (bicyclic) bond motifs is 1. The van der Waals surface area contributed by atoms with E-state index in [4.69, 9.17) is 0 Å². The number of nitrogens with zero attached hydrogens (tertiary/aromatic N) is 4. The average molecular weight is 331 g/mol. The Balaban J connectivity index is 1.45. The molecular weight excluding hydrogens is 314 g/mol. The molecule has 0 bridgehead atoms. The SMILES string of the molecule is O=C(NCc1ccccn1)c1cnc(N2CCc3ccccc32)cn1. The fourth-order valence-electron chi connectivity index (χ4n) is 2.92. The van der Waals surface area contributed by atoms with Crippen molar-refractivity contribution in [1.29, 1.82) is 0 Å². The minimum atomic E-state index is -0.258. The highest BCUT2D eigenvalue weighted by Gasteiger charge is 2.21. The lowest BCUT2D eigenvalue weighted by molar-refractivity contribution is 0.0945. The fraction of sp³-hybridized carbons (Fsp3) is 0.158. The van der Waals surface area contributed by atoms with Gasteiger partial charge in [-0.1, -0.05) is 24.3 Å². The van der Waals surface area contributed by atoms with E-state index in [0.717, 1.165) is 30.2 Å². The molecule has 0 spiro atoms. The molecule has 1 aromatic carbocycles. The second-order valence-electron chi connectivity index (χ2n) is 5.79. The van der Waals surface area contributed by atoms with E-state index < -0.39 is 0 Å². The van der Waals surface area contributed by atoms with E-state index >= 15 is 0 Å². The van der Waals surface area contributed by atoms with E-state index in [0.29, 0.717) is 12.2 Å². The molecule has 6 heteroatoms. The smallest absolute Gasteiger partial charge is 0.271 e. The molecule has 0 radical (unpaired) electrons. The lowest BCUT2D eigenvalue weighted by atomic mass is 10.2. The maximum atomic E-state index is 12.2. The molecule has 0 fully saturated rings. The summed E-state index contributed by atoms with van der Waals surface area (Å²) in [5.74, 6) is 0.498. The predicted octanol–water partition coefficient (Wildman–Crippen LogP) is 2.50. The summed E-state index contributed by atoms with van der Waals surface area (Å²) in [6, 6.07) is 13.9. The number of amides is 1. The van der Waals surface area contributed by atoms with Gasteiger partial charge in [-0.3, -0.25) is 9.78 Å². The molecule has 0 unspecified atom stereocenters. The maximum Gasteiger partial charge on any atom is 0.271 e. The van der Waals surface area contributed by atoms with Crippen LogP contribution < -0.4 is 10.2 Å². The van der Waals surface area contributed by atoms with Crippen LogP contribution in [0.3, 0.4) is 0 Å². The highest BCUT2D eigenvalue weighted by Crippen LogP contribution is 2.32. The minimum Gasteiger partial charge on any atom is -0.345 e. The first-order chi connectivity index (χ1) is 12.3. The van der Waals surface area contributed by atoms with Crippen molar-refractivity contribution in [3.8, 4) is 0 Å². The summed E-state index contributed by atoms with van der Waals surface area (Å²) >= 11 is 0. The summed E-state index contributed by atoms with van der Waals surface area (Å²) in [4.78, 5) is 27.2. The first kappa shape index (κ1) is 15.3. The van der Waals surface area contributed by atoms with Crippen LogP contribution in [-0.4, -0.2) is 27.4 Å². The lowest BCUT2D eigenvalue weighted by Crippen LogP contribution is -2.25. The van der Waals surface area contributed by atoms with Gasteiger partial charge in [0.25, 0.3) is 5.91 Å². The molecule has 0 saturated carbocycles. The molecular formula is C19H17N5O. The van der Waals surface area contributed by atoms with Crippen LogP contribution in [0.4, 0.5) is 11.5 Å². The Labute approximate surface area is 145 Å².